The number of nitrogens with two attached hydrogens (primary N) is 1. The molecule has 1 aromatic carbocycles. The number of carbonyl (C=O) groups excluding carboxylic acids is 1. The third-order valence-corrected chi connectivity index (χ3v) is 1.34. The van der Waals surface area contributed by atoms with E-state index in [0.29, 0.717) is 5.56 Å². The molecule has 0 unspecified atom stereocenters. The molecule has 0 atom stereocenters. The molecule has 0 radical (unpaired) electrons. The largest absolute Gasteiger partial charge is 0.369 e. The lowest BCUT2D eigenvalue weighted by Gasteiger charge is -1.88. The van der Waals surface area contributed by atoms with E-state index >= 15 is 0 Å². The van der Waals surface area contributed by atoms with E-state index in [9.17, 15) is 9.18 Å². The molecule has 0 bridgehead atoms. The molecule has 0 spiro atoms. The van der Waals surface area contributed by atoms with Crippen LogP contribution in [-0.4, -0.2) is 5.91 Å². The summed E-state index contributed by atoms with van der Waals surface area (Å²) in [5.74, 6) is 4.49. The summed E-state index contributed by atoms with van der Waals surface area (Å²) in [5, 5.41) is 0. The van der Waals surface area contributed by atoms with Gasteiger partial charge in [-0.05, 0) is 24.3 Å². The van der Waals surface area contributed by atoms with Crippen LogP contribution >= 0.6 is 0 Å². The van der Waals surface area contributed by atoms with Crippen molar-refractivity contribution in [1.29, 1.82) is 0 Å². The Balaban J connectivity index is 2.67. The smallest absolute Gasteiger partial charge is 0.229 e. The van der Waals surface area contributed by atoms with Gasteiger partial charge in [0.05, 0.1) is 6.42 Å². The maximum Gasteiger partial charge on any atom is 0.229 e. The summed E-state index contributed by atoms with van der Waals surface area (Å²) in [6, 6.07) is 5.72. The normalized spacial score (nSPS) is 8.69. The van der Waals surface area contributed by atoms with E-state index in [2.05, 4.69) is 11.8 Å². The van der Waals surface area contributed by atoms with E-state index in [1.54, 1.807) is 12.1 Å². The van der Waals surface area contributed by atoms with Gasteiger partial charge in [0, 0.05) is 5.56 Å². The van der Waals surface area contributed by atoms with E-state index in [-0.39, 0.29) is 12.2 Å². The molecule has 0 aliphatic rings. The van der Waals surface area contributed by atoms with Crippen LogP contribution in [0.1, 0.15) is 12.0 Å². The lowest BCUT2D eigenvalue weighted by Crippen LogP contribution is -2.08. The van der Waals surface area contributed by atoms with Crippen LogP contribution in [0.2, 0.25) is 0 Å². The van der Waals surface area contributed by atoms with Crippen molar-refractivity contribution in [1.82, 2.24) is 0 Å². The van der Waals surface area contributed by atoms with Crippen molar-refractivity contribution in [3.8, 4) is 11.8 Å². The topological polar surface area (TPSA) is 43.1 Å². The highest BCUT2D eigenvalue weighted by atomic mass is 19.1. The Morgan fingerprint density at radius 2 is 2.00 bits per heavy atom. The summed E-state index contributed by atoms with van der Waals surface area (Å²) in [5.41, 5.74) is 5.55. The summed E-state index contributed by atoms with van der Waals surface area (Å²) in [4.78, 5) is 10.3. The van der Waals surface area contributed by atoms with Crippen molar-refractivity contribution >= 4 is 5.91 Å². The molecule has 66 valence electrons. The standard InChI is InChI=1S/C10H8FNO/c11-9-6-4-8(5-7-9)2-1-3-10(12)13/h4-7H,3H2,(H2,12,13). The van der Waals surface area contributed by atoms with Crippen molar-refractivity contribution in [2.75, 3.05) is 0 Å². The minimum absolute atomic E-state index is 0.0252. The van der Waals surface area contributed by atoms with Gasteiger partial charge in [-0.15, -0.1) is 0 Å². The number of hydrogen-bond acceptors (Lipinski definition) is 1. The minimum Gasteiger partial charge on any atom is -0.369 e. The molecule has 0 heterocycles. The molecule has 0 saturated heterocycles. The molecule has 1 aromatic rings. The highest BCUT2D eigenvalue weighted by Gasteiger charge is 1.89. The fourth-order valence-corrected chi connectivity index (χ4v) is 0.767. The van der Waals surface area contributed by atoms with E-state index in [1.807, 2.05) is 0 Å². The Kier molecular flexibility index (Phi) is 3.04. The van der Waals surface area contributed by atoms with Gasteiger partial charge in [-0.25, -0.2) is 4.39 Å². The van der Waals surface area contributed by atoms with Crippen LogP contribution in [0.4, 0.5) is 4.39 Å². The van der Waals surface area contributed by atoms with E-state index in [4.69, 9.17) is 5.73 Å². The zero-order valence-electron chi connectivity index (χ0n) is 6.88. The van der Waals surface area contributed by atoms with Gasteiger partial charge in [0.2, 0.25) is 5.91 Å². The van der Waals surface area contributed by atoms with E-state index in [0.717, 1.165) is 0 Å². The highest BCUT2D eigenvalue weighted by Crippen LogP contribution is 2.00. The maximum atomic E-state index is 12.4. The van der Waals surface area contributed by atoms with E-state index in [1.165, 1.54) is 12.1 Å². The first kappa shape index (κ1) is 9.27. The van der Waals surface area contributed by atoms with Gasteiger partial charge in [-0.2, -0.15) is 0 Å². The van der Waals surface area contributed by atoms with Gasteiger partial charge < -0.3 is 5.73 Å². The molecule has 1 rings (SSSR count). The summed E-state index contributed by atoms with van der Waals surface area (Å²) >= 11 is 0. The number of halogens is 1. The van der Waals surface area contributed by atoms with Gasteiger partial charge in [0.15, 0.2) is 0 Å². The molecule has 0 fully saturated rings. The molecule has 0 aliphatic heterocycles. The maximum absolute atomic E-state index is 12.4. The second kappa shape index (κ2) is 4.27. The molecular formula is C10H8FNO. The van der Waals surface area contributed by atoms with Crippen LogP contribution in [-0.2, 0) is 4.79 Å². The first-order chi connectivity index (χ1) is 6.18. The molecule has 0 saturated carbocycles. The predicted octanol–water partition coefficient (Wildman–Crippen LogP) is 1.05. The van der Waals surface area contributed by atoms with Crippen LogP contribution in [0.15, 0.2) is 24.3 Å². The molecular weight excluding hydrogens is 169 g/mol. The summed E-state index contributed by atoms with van der Waals surface area (Å²) < 4.78 is 12.4. The molecule has 2 N–H and O–H groups in total. The van der Waals surface area contributed by atoms with Crippen LogP contribution in [0.3, 0.4) is 0 Å². The van der Waals surface area contributed by atoms with E-state index < -0.39 is 5.91 Å². The zero-order valence-corrected chi connectivity index (χ0v) is 6.88. The zero-order chi connectivity index (χ0) is 9.68. The van der Waals surface area contributed by atoms with Crippen LogP contribution in [0.25, 0.3) is 0 Å². The molecule has 2 nitrogen and oxygen atoms in total. The number of primary amides is 1. The second-order valence-electron chi connectivity index (χ2n) is 2.45. The van der Waals surface area contributed by atoms with Crippen molar-refractivity contribution < 1.29 is 9.18 Å². The third kappa shape index (κ3) is 3.39. The Hall–Kier alpha value is -1.82. The van der Waals surface area contributed by atoms with Crippen LogP contribution in [0, 0.1) is 17.7 Å². The first-order valence-corrected chi connectivity index (χ1v) is 3.71. The molecule has 3 heteroatoms. The van der Waals surface area contributed by atoms with Crippen molar-refractivity contribution in [3.05, 3.63) is 35.6 Å². The average Bonchev–Trinajstić information content (AvgIpc) is 2.08. The number of carbonyl (C=O) groups is 1. The monoisotopic (exact) mass is 177 g/mol. The van der Waals surface area contributed by atoms with Crippen LogP contribution in [0.5, 0.6) is 0 Å². The van der Waals surface area contributed by atoms with Crippen molar-refractivity contribution in [2.24, 2.45) is 5.73 Å². The molecule has 1 amide bonds. The number of benzene rings is 1. The van der Waals surface area contributed by atoms with Gasteiger partial charge in [0.25, 0.3) is 0 Å². The summed E-state index contributed by atoms with van der Waals surface area (Å²) in [7, 11) is 0. The van der Waals surface area contributed by atoms with Crippen molar-refractivity contribution in [2.45, 2.75) is 6.42 Å². The molecule has 13 heavy (non-hydrogen) atoms. The van der Waals surface area contributed by atoms with Gasteiger partial charge in [-0.1, -0.05) is 11.8 Å². The Labute approximate surface area is 75.6 Å². The van der Waals surface area contributed by atoms with Gasteiger partial charge in [-0.3, -0.25) is 4.79 Å². The molecule has 0 aromatic heterocycles. The quantitative estimate of drug-likeness (QED) is 0.640. The lowest BCUT2D eigenvalue weighted by atomic mass is 10.2. The number of hydrogen-bond donors (Lipinski definition) is 1. The summed E-state index contributed by atoms with van der Waals surface area (Å²) in [6.45, 7) is 0. The summed E-state index contributed by atoms with van der Waals surface area (Å²) in [6.07, 6.45) is 0.0252. The third-order valence-electron chi connectivity index (χ3n) is 1.34. The average molecular weight is 177 g/mol. The van der Waals surface area contributed by atoms with Crippen LogP contribution < -0.4 is 5.73 Å². The predicted molar refractivity (Wildman–Crippen MR) is 47.1 cm³/mol. The number of amides is 1. The highest BCUT2D eigenvalue weighted by molar-refractivity contribution is 5.76. The Morgan fingerprint density at radius 1 is 1.38 bits per heavy atom. The molecule has 0 aliphatic carbocycles. The Bertz CT molecular complexity index is 359. The Morgan fingerprint density at radius 3 is 2.54 bits per heavy atom. The minimum atomic E-state index is -0.463. The fraction of sp³-hybridized carbons (Fsp3) is 0.100. The van der Waals surface area contributed by atoms with Gasteiger partial charge >= 0.3 is 0 Å². The van der Waals surface area contributed by atoms with Crippen molar-refractivity contribution in [3.63, 3.8) is 0 Å². The lowest BCUT2D eigenvalue weighted by molar-refractivity contribution is -0.117. The van der Waals surface area contributed by atoms with Gasteiger partial charge in [0.1, 0.15) is 5.82 Å². The first-order valence-electron chi connectivity index (χ1n) is 3.71. The SMILES string of the molecule is NC(=O)CC#Cc1ccc(F)cc1. The number of rotatable bonds is 1. The second-order valence-corrected chi connectivity index (χ2v) is 2.45. The fourth-order valence-electron chi connectivity index (χ4n) is 0.767.